The van der Waals surface area contributed by atoms with Crippen LogP contribution in [-0.4, -0.2) is 36.0 Å². The van der Waals surface area contributed by atoms with Crippen molar-refractivity contribution < 1.29 is 8.42 Å². The summed E-state index contributed by atoms with van der Waals surface area (Å²) >= 11 is 5.75. The Labute approximate surface area is 113 Å². The molecule has 0 amide bonds. The van der Waals surface area contributed by atoms with E-state index >= 15 is 0 Å². The number of alkyl halides is 1. The fourth-order valence-electron chi connectivity index (χ4n) is 2.26. The van der Waals surface area contributed by atoms with E-state index in [0.717, 1.165) is 12.8 Å². The van der Waals surface area contributed by atoms with Gasteiger partial charge in [-0.05, 0) is 25.7 Å². The second-order valence-electron chi connectivity index (χ2n) is 4.84. The van der Waals surface area contributed by atoms with Gasteiger partial charge in [-0.2, -0.15) is 9.40 Å². The molecule has 1 aromatic heterocycles. The van der Waals surface area contributed by atoms with Crippen molar-refractivity contribution in [2.75, 3.05) is 13.1 Å². The molecule has 0 atom stereocenters. The number of aromatic amines is 1. The summed E-state index contributed by atoms with van der Waals surface area (Å²) in [5.74, 6) is 0.692. The zero-order valence-corrected chi connectivity index (χ0v) is 12.2. The molecule has 5 nitrogen and oxygen atoms in total. The Bertz CT molecular complexity index is 518. The van der Waals surface area contributed by atoms with Gasteiger partial charge >= 0.3 is 0 Å². The van der Waals surface area contributed by atoms with Crippen LogP contribution in [0.2, 0.25) is 0 Å². The summed E-state index contributed by atoms with van der Waals surface area (Å²) in [6.45, 7) is 5.02. The van der Waals surface area contributed by atoms with Crippen molar-refractivity contribution in [3.63, 3.8) is 0 Å². The molecule has 1 aliphatic heterocycles. The molecule has 1 aromatic rings. The zero-order chi connectivity index (χ0) is 13.3. The van der Waals surface area contributed by atoms with Gasteiger partial charge in [0.05, 0.1) is 17.3 Å². The number of hydrogen-bond donors (Lipinski definition) is 1. The molecule has 0 spiro atoms. The highest BCUT2D eigenvalue weighted by Gasteiger charge is 2.32. The van der Waals surface area contributed by atoms with Crippen LogP contribution in [0.15, 0.2) is 4.90 Å². The van der Waals surface area contributed by atoms with E-state index in [0.29, 0.717) is 30.4 Å². The lowest BCUT2D eigenvalue weighted by molar-refractivity contribution is 0.288. The monoisotopic (exact) mass is 291 g/mol. The van der Waals surface area contributed by atoms with Crippen molar-refractivity contribution in [2.45, 2.75) is 37.5 Å². The number of sulfonamides is 1. The number of hydrogen-bond acceptors (Lipinski definition) is 3. The van der Waals surface area contributed by atoms with Gasteiger partial charge in [-0.3, -0.25) is 5.10 Å². The Balaban J connectivity index is 2.33. The van der Waals surface area contributed by atoms with Crippen LogP contribution < -0.4 is 0 Å². The highest BCUT2D eigenvalue weighted by molar-refractivity contribution is 7.89. The van der Waals surface area contributed by atoms with E-state index < -0.39 is 10.0 Å². The predicted molar refractivity (Wildman–Crippen MR) is 70.0 cm³/mol. The third kappa shape index (κ3) is 2.41. The van der Waals surface area contributed by atoms with Crippen molar-refractivity contribution >= 4 is 21.6 Å². The van der Waals surface area contributed by atoms with E-state index in [1.54, 1.807) is 11.2 Å². The summed E-state index contributed by atoms with van der Waals surface area (Å²) in [7, 11) is -3.46. The lowest BCUT2D eigenvalue weighted by Gasteiger charge is -2.29. The van der Waals surface area contributed by atoms with Crippen molar-refractivity contribution in [3.8, 4) is 0 Å². The van der Waals surface area contributed by atoms with Gasteiger partial charge in [0.25, 0.3) is 0 Å². The molecule has 1 saturated heterocycles. The van der Waals surface area contributed by atoms with Crippen LogP contribution in [0.3, 0.4) is 0 Å². The van der Waals surface area contributed by atoms with E-state index in [9.17, 15) is 8.42 Å². The van der Waals surface area contributed by atoms with E-state index in [1.165, 1.54) is 0 Å². The normalized spacial score (nSPS) is 19.3. The summed E-state index contributed by atoms with van der Waals surface area (Å²) in [5.41, 5.74) is 0.970. The van der Waals surface area contributed by atoms with Crippen LogP contribution >= 0.6 is 11.6 Å². The molecule has 0 bridgehead atoms. The second-order valence-corrected chi connectivity index (χ2v) is 6.99. The number of halogens is 1. The number of H-pyrrole nitrogens is 1. The molecule has 1 aliphatic rings. The van der Waals surface area contributed by atoms with Gasteiger partial charge in [-0.15, -0.1) is 11.6 Å². The maximum Gasteiger partial charge on any atom is 0.246 e. The lowest BCUT2D eigenvalue weighted by atomic mass is 10.0. The standard InChI is InChI=1S/C11H18ClN3O2S/c1-8-3-5-15(6-4-8)18(16,17)11-9(2)13-14-10(11)7-12/h8H,3-7H2,1-2H3,(H,13,14). The molecule has 2 rings (SSSR count). The van der Waals surface area contributed by atoms with E-state index in [4.69, 9.17) is 11.6 Å². The maximum atomic E-state index is 12.6. The molecule has 0 unspecified atom stereocenters. The fourth-order valence-corrected chi connectivity index (χ4v) is 4.33. The molecule has 7 heteroatoms. The minimum Gasteiger partial charge on any atom is -0.281 e. The molecule has 0 aliphatic carbocycles. The number of nitrogens with one attached hydrogen (secondary N) is 1. The Morgan fingerprint density at radius 3 is 2.61 bits per heavy atom. The third-order valence-corrected chi connectivity index (χ3v) is 5.78. The highest BCUT2D eigenvalue weighted by Crippen LogP contribution is 2.27. The topological polar surface area (TPSA) is 66.1 Å². The molecule has 18 heavy (non-hydrogen) atoms. The molecule has 1 N–H and O–H groups in total. The molecular weight excluding hydrogens is 274 g/mol. The lowest BCUT2D eigenvalue weighted by Crippen LogP contribution is -2.38. The number of piperidine rings is 1. The van der Waals surface area contributed by atoms with Gasteiger partial charge in [0.1, 0.15) is 4.90 Å². The van der Waals surface area contributed by atoms with Crippen LogP contribution in [0.4, 0.5) is 0 Å². The van der Waals surface area contributed by atoms with Crippen LogP contribution in [0.1, 0.15) is 31.2 Å². The molecule has 1 fully saturated rings. The minimum absolute atomic E-state index is 0.100. The average Bonchev–Trinajstić information content (AvgIpc) is 2.71. The first-order valence-corrected chi connectivity index (χ1v) is 8.04. The van der Waals surface area contributed by atoms with Crippen molar-refractivity contribution in [2.24, 2.45) is 5.92 Å². The largest absolute Gasteiger partial charge is 0.281 e. The number of nitrogens with zero attached hydrogens (tertiary/aromatic N) is 2. The molecular formula is C11H18ClN3O2S. The van der Waals surface area contributed by atoms with Gasteiger partial charge in [-0.25, -0.2) is 8.42 Å². The summed E-state index contributed by atoms with van der Waals surface area (Å²) in [6.07, 6.45) is 1.82. The number of aromatic nitrogens is 2. The van der Waals surface area contributed by atoms with Crippen molar-refractivity contribution in [1.29, 1.82) is 0 Å². The predicted octanol–water partition coefficient (Wildman–Crippen LogP) is 1.88. The van der Waals surface area contributed by atoms with E-state index in [1.807, 2.05) is 0 Å². The van der Waals surface area contributed by atoms with Crippen molar-refractivity contribution in [1.82, 2.24) is 14.5 Å². The van der Waals surface area contributed by atoms with Gasteiger partial charge in [-0.1, -0.05) is 6.92 Å². The quantitative estimate of drug-likeness (QED) is 0.865. The van der Waals surface area contributed by atoms with Gasteiger partial charge in [0.2, 0.25) is 10.0 Å². The summed E-state index contributed by atoms with van der Waals surface area (Å²) in [4.78, 5) is 0.257. The first kappa shape index (κ1) is 13.8. The van der Waals surface area contributed by atoms with E-state index in [2.05, 4.69) is 17.1 Å². The van der Waals surface area contributed by atoms with E-state index in [-0.39, 0.29) is 10.8 Å². The minimum atomic E-state index is -3.46. The highest BCUT2D eigenvalue weighted by atomic mass is 35.5. The Morgan fingerprint density at radius 2 is 2.06 bits per heavy atom. The molecule has 2 heterocycles. The second kappa shape index (κ2) is 5.19. The summed E-state index contributed by atoms with van der Waals surface area (Å²) in [5, 5.41) is 6.65. The molecule has 0 aromatic carbocycles. The van der Waals surface area contributed by atoms with Gasteiger partial charge in [0.15, 0.2) is 0 Å². The molecule has 0 saturated carbocycles. The van der Waals surface area contributed by atoms with Crippen LogP contribution in [0, 0.1) is 12.8 Å². The van der Waals surface area contributed by atoms with Gasteiger partial charge < -0.3 is 0 Å². The van der Waals surface area contributed by atoms with Gasteiger partial charge in [0, 0.05) is 13.1 Å². The molecule has 102 valence electrons. The summed E-state index contributed by atoms with van der Waals surface area (Å²) < 4.78 is 26.7. The van der Waals surface area contributed by atoms with Crippen molar-refractivity contribution in [3.05, 3.63) is 11.4 Å². The number of aryl methyl sites for hydroxylation is 1. The van der Waals surface area contributed by atoms with Crippen LogP contribution in [-0.2, 0) is 15.9 Å². The smallest absolute Gasteiger partial charge is 0.246 e. The first-order valence-electron chi connectivity index (χ1n) is 6.06. The first-order chi connectivity index (χ1) is 8.46. The maximum absolute atomic E-state index is 12.6. The Hall–Kier alpha value is -0.590. The SMILES string of the molecule is Cc1[nH]nc(CCl)c1S(=O)(=O)N1CCC(C)CC1. The Kier molecular flexibility index (Phi) is 3.99. The number of rotatable bonds is 3. The molecule has 0 radical (unpaired) electrons. The van der Waals surface area contributed by atoms with Crippen LogP contribution in [0.25, 0.3) is 0 Å². The average molecular weight is 292 g/mol. The third-order valence-electron chi connectivity index (χ3n) is 3.43. The Morgan fingerprint density at radius 1 is 1.44 bits per heavy atom. The van der Waals surface area contributed by atoms with Crippen LogP contribution in [0.5, 0.6) is 0 Å². The summed E-state index contributed by atoms with van der Waals surface area (Å²) in [6, 6.07) is 0. The fraction of sp³-hybridized carbons (Fsp3) is 0.727. The zero-order valence-electron chi connectivity index (χ0n) is 10.6.